The molecule has 2 atom stereocenters. The van der Waals surface area contributed by atoms with Crippen molar-refractivity contribution >= 4 is 29.3 Å². The summed E-state index contributed by atoms with van der Waals surface area (Å²) in [7, 11) is 0. The SMILES string of the molecule is CCC(CCCl)NC(=O)C1(C)CCCS1. The van der Waals surface area contributed by atoms with E-state index in [0.29, 0.717) is 5.88 Å². The van der Waals surface area contributed by atoms with Crippen LogP contribution in [0, 0.1) is 0 Å². The predicted octanol–water partition coefficient (Wildman–Crippen LogP) is 2.80. The van der Waals surface area contributed by atoms with Crippen LogP contribution in [0.3, 0.4) is 0 Å². The summed E-state index contributed by atoms with van der Waals surface area (Å²) < 4.78 is -0.195. The maximum absolute atomic E-state index is 12.0. The molecule has 0 aromatic rings. The Bertz CT molecular complexity index is 217. The number of carbonyl (C=O) groups excluding carboxylic acids is 1. The third kappa shape index (κ3) is 3.56. The third-order valence-corrected chi connectivity index (χ3v) is 4.72. The average molecular weight is 250 g/mol. The van der Waals surface area contributed by atoms with Gasteiger partial charge in [-0.15, -0.1) is 23.4 Å². The molecule has 4 heteroatoms. The van der Waals surface area contributed by atoms with Crippen LogP contribution in [-0.4, -0.2) is 28.3 Å². The van der Waals surface area contributed by atoms with Gasteiger partial charge in [0.1, 0.15) is 0 Å². The first-order valence-electron chi connectivity index (χ1n) is 5.63. The highest BCUT2D eigenvalue weighted by Gasteiger charge is 2.37. The summed E-state index contributed by atoms with van der Waals surface area (Å²) in [5.74, 6) is 1.92. The lowest BCUT2D eigenvalue weighted by Crippen LogP contribution is -2.45. The molecule has 0 saturated carbocycles. The highest BCUT2D eigenvalue weighted by atomic mass is 35.5. The van der Waals surface area contributed by atoms with Gasteiger partial charge in [-0.2, -0.15) is 0 Å². The largest absolute Gasteiger partial charge is 0.352 e. The number of alkyl halides is 1. The van der Waals surface area contributed by atoms with Crippen molar-refractivity contribution in [2.24, 2.45) is 0 Å². The Balaban J connectivity index is 2.45. The van der Waals surface area contributed by atoms with Gasteiger partial charge < -0.3 is 5.32 Å². The molecule has 1 saturated heterocycles. The van der Waals surface area contributed by atoms with E-state index in [-0.39, 0.29) is 16.7 Å². The van der Waals surface area contributed by atoms with Crippen molar-refractivity contribution < 1.29 is 4.79 Å². The van der Waals surface area contributed by atoms with E-state index in [9.17, 15) is 4.79 Å². The Morgan fingerprint density at radius 2 is 2.40 bits per heavy atom. The second-order valence-corrected chi connectivity index (χ2v) is 6.22. The molecule has 1 aliphatic rings. The lowest BCUT2D eigenvalue weighted by Gasteiger charge is -2.25. The summed E-state index contributed by atoms with van der Waals surface area (Å²) in [6, 6.07) is 0.244. The normalized spacial score (nSPS) is 27.7. The van der Waals surface area contributed by atoms with Crippen molar-refractivity contribution in [2.75, 3.05) is 11.6 Å². The highest BCUT2D eigenvalue weighted by molar-refractivity contribution is 8.01. The van der Waals surface area contributed by atoms with Crippen molar-refractivity contribution in [1.82, 2.24) is 5.32 Å². The molecule has 1 rings (SSSR count). The quantitative estimate of drug-likeness (QED) is 0.760. The van der Waals surface area contributed by atoms with Gasteiger partial charge in [0.15, 0.2) is 0 Å². The summed E-state index contributed by atoms with van der Waals surface area (Å²) in [6.07, 6.45) is 3.98. The minimum absolute atomic E-state index is 0.195. The Kier molecular flexibility index (Phi) is 5.27. The lowest BCUT2D eigenvalue weighted by atomic mass is 10.0. The van der Waals surface area contributed by atoms with Gasteiger partial charge in [-0.25, -0.2) is 0 Å². The summed E-state index contributed by atoms with van der Waals surface area (Å²) >= 11 is 7.47. The van der Waals surface area contributed by atoms with Crippen LogP contribution < -0.4 is 5.32 Å². The number of halogens is 1. The van der Waals surface area contributed by atoms with Gasteiger partial charge >= 0.3 is 0 Å². The van der Waals surface area contributed by atoms with Crippen LogP contribution in [0.1, 0.15) is 39.5 Å². The van der Waals surface area contributed by atoms with Gasteiger partial charge in [0, 0.05) is 11.9 Å². The van der Waals surface area contributed by atoms with E-state index < -0.39 is 0 Å². The molecular formula is C11H20ClNOS. The maximum atomic E-state index is 12.0. The first-order valence-corrected chi connectivity index (χ1v) is 7.15. The molecule has 2 unspecified atom stereocenters. The fourth-order valence-corrected chi connectivity index (χ4v) is 3.29. The third-order valence-electron chi connectivity index (χ3n) is 2.98. The van der Waals surface area contributed by atoms with Crippen molar-refractivity contribution in [3.63, 3.8) is 0 Å². The van der Waals surface area contributed by atoms with E-state index in [1.807, 2.05) is 6.92 Å². The molecule has 0 aromatic heterocycles. The Morgan fingerprint density at radius 1 is 1.67 bits per heavy atom. The molecule has 0 spiro atoms. The smallest absolute Gasteiger partial charge is 0.236 e. The molecular weight excluding hydrogens is 230 g/mol. The van der Waals surface area contributed by atoms with Gasteiger partial charge in [0.2, 0.25) is 5.91 Å². The first-order chi connectivity index (χ1) is 7.12. The van der Waals surface area contributed by atoms with Crippen molar-refractivity contribution in [3.05, 3.63) is 0 Å². The highest BCUT2D eigenvalue weighted by Crippen LogP contribution is 2.37. The summed E-state index contributed by atoms with van der Waals surface area (Å²) in [5.41, 5.74) is 0. The van der Waals surface area contributed by atoms with Crippen LogP contribution in [0.15, 0.2) is 0 Å². The number of rotatable bonds is 5. The van der Waals surface area contributed by atoms with Crippen molar-refractivity contribution in [2.45, 2.75) is 50.3 Å². The lowest BCUT2D eigenvalue weighted by molar-refractivity contribution is -0.123. The van der Waals surface area contributed by atoms with Crippen LogP contribution in [0.4, 0.5) is 0 Å². The van der Waals surface area contributed by atoms with E-state index in [2.05, 4.69) is 12.2 Å². The second-order valence-electron chi connectivity index (χ2n) is 4.24. The molecule has 15 heavy (non-hydrogen) atoms. The topological polar surface area (TPSA) is 29.1 Å². The summed E-state index contributed by atoms with van der Waals surface area (Å²) in [5, 5.41) is 3.11. The van der Waals surface area contributed by atoms with Gasteiger partial charge in [-0.3, -0.25) is 4.79 Å². The zero-order valence-corrected chi connectivity index (χ0v) is 11.1. The number of thioether (sulfide) groups is 1. The predicted molar refractivity (Wildman–Crippen MR) is 67.7 cm³/mol. The molecule has 0 bridgehead atoms. The van der Waals surface area contributed by atoms with Crippen LogP contribution >= 0.6 is 23.4 Å². The fraction of sp³-hybridized carbons (Fsp3) is 0.909. The summed E-state index contributed by atoms with van der Waals surface area (Å²) in [6.45, 7) is 4.13. The monoisotopic (exact) mass is 249 g/mol. The first kappa shape index (κ1) is 13.2. The van der Waals surface area contributed by atoms with Crippen molar-refractivity contribution in [1.29, 1.82) is 0 Å². The summed E-state index contributed by atoms with van der Waals surface area (Å²) in [4.78, 5) is 12.0. The molecule has 0 radical (unpaired) electrons. The Labute approximate surface area is 102 Å². The van der Waals surface area contributed by atoms with Gasteiger partial charge in [0.25, 0.3) is 0 Å². The molecule has 88 valence electrons. The van der Waals surface area contributed by atoms with Gasteiger partial charge in [-0.1, -0.05) is 6.92 Å². The van der Waals surface area contributed by atoms with Crippen molar-refractivity contribution in [3.8, 4) is 0 Å². The number of amides is 1. The fourth-order valence-electron chi connectivity index (χ4n) is 1.81. The molecule has 1 heterocycles. The zero-order chi connectivity index (χ0) is 11.3. The Morgan fingerprint density at radius 3 is 2.87 bits per heavy atom. The van der Waals surface area contributed by atoms with Crippen LogP contribution in [0.5, 0.6) is 0 Å². The van der Waals surface area contributed by atoms with E-state index >= 15 is 0 Å². The second kappa shape index (κ2) is 6.00. The molecule has 0 aliphatic carbocycles. The average Bonchev–Trinajstić information content (AvgIpc) is 2.65. The van der Waals surface area contributed by atoms with E-state index in [1.165, 1.54) is 0 Å². The minimum atomic E-state index is -0.195. The van der Waals surface area contributed by atoms with Crippen LogP contribution in [-0.2, 0) is 4.79 Å². The molecule has 2 nitrogen and oxygen atoms in total. The van der Waals surface area contributed by atoms with Gasteiger partial charge in [0.05, 0.1) is 4.75 Å². The zero-order valence-electron chi connectivity index (χ0n) is 9.51. The van der Waals surface area contributed by atoms with E-state index in [1.54, 1.807) is 11.8 Å². The number of nitrogens with one attached hydrogen (secondary N) is 1. The standard InChI is InChI=1S/C11H20ClNOS/c1-3-9(5-7-12)13-10(14)11(2)6-4-8-15-11/h9H,3-8H2,1-2H3,(H,13,14). The molecule has 1 aliphatic heterocycles. The number of hydrogen-bond acceptors (Lipinski definition) is 2. The Hall–Kier alpha value is 0.110. The molecule has 1 N–H and O–H groups in total. The van der Waals surface area contributed by atoms with Crippen LogP contribution in [0.25, 0.3) is 0 Å². The van der Waals surface area contributed by atoms with E-state index in [0.717, 1.165) is 31.4 Å². The molecule has 0 aromatic carbocycles. The molecule has 1 fully saturated rings. The van der Waals surface area contributed by atoms with E-state index in [4.69, 9.17) is 11.6 Å². The number of carbonyl (C=O) groups is 1. The minimum Gasteiger partial charge on any atom is -0.352 e. The molecule has 1 amide bonds. The van der Waals surface area contributed by atoms with Crippen LogP contribution in [0.2, 0.25) is 0 Å². The number of hydrogen-bond donors (Lipinski definition) is 1. The van der Waals surface area contributed by atoms with Gasteiger partial charge in [-0.05, 0) is 38.4 Å². The maximum Gasteiger partial charge on any atom is 0.236 e.